The Balaban J connectivity index is 1.82. The van der Waals surface area contributed by atoms with Crippen molar-refractivity contribution < 1.29 is 9.53 Å². The number of benzene rings is 2. The maximum absolute atomic E-state index is 12.3. The molecule has 3 aromatic rings. The van der Waals surface area contributed by atoms with Crippen LogP contribution in [0.5, 0.6) is 0 Å². The Bertz CT molecular complexity index is 1050. The van der Waals surface area contributed by atoms with Gasteiger partial charge in [0.1, 0.15) is 0 Å². The van der Waals surface area contributed by atoms with Crippen molar-refractivity contribution in [1.29, 1.82) is 0 Å². The third-order valence-electron chi connectivity index (χ3n) is 5.90. The Hall–Kier alpha value is -3.22. The number of nitrogens with zero attached hydrogens (tertiary/aromatic N) is 4. The third kappa shape index (κ3) is 3.67. The van der Waals surface area contributed by atoms with Crippen molar-refractivity contribution >= 4 is 11.7 Å². The van der Waals surface area contributed by atoms with Crippen LogP contribution < -0.4 is 5.32 Å². The molecule has 156 valence electrons. The van der Waals surface area contributed by atoms with Crippen LogP contribution in [0.1, 0.15) is 59.4 Å². The maximum Gasteiger partial charge on any atom is 0.340 e. The molecule has 30 heavy (non-hydrogen) atoms. The minimum absolute atomic E-state index is 0.410. The lowest BCUT2D eigenvalue weighted by molar-refractivity contribution is 0.0600. The van der Waals surface area contributed by atoms with Gasteiger partial charge in [-0.05, 0) is 60.9 Å². The van der Waals surface area contributed by atoms with E-state index in [2.05, 4.69) is 52.9 Å². The average molecular weight is 406 g/mol. The Morgan fingerprint density at radius 3 is 2.60 bits per heavy atom. The Morgan fingerprint density at radius 1 is 1.10 bits per heavy atom. The second-order valence-electron chi connectivity index (χ2n) is 8.01. The summed E-state index contributed by atoms with van der Waals surface area (Å²) in [5.74, 6) is 0.311. The molecule has 1 heterocycles. The van der Waals surface area contributed by atoms with Gasteiger partial charge in [-0.1, -0.05) is 49.1 Å². The van der Waals surface area contributed by atoms with Gasteiger partial charge in [0.25, 0.3) is 0 Å². The van der Waals surface area contributed by atoms with Gasteiger partial charge >= 0.3 is 5.97 Å². The number of hydrogen-bond donors (Lipinski definition) is 1. The first-order chi connectivity index (χ1) is 14.5. The highest BCUT2D eigenvalue weighted by Gasteiger charge is 2.40. The Morgan fingerprint density at radius 2 is 1.87 bits per heavy atom. The predicted molar refractivity (Wildman–Crippen MR) is 115 cm³/mol. The SMILES string of the molecule is COC(=O)c1ccccc1-n1nnnc1C1(Nc2ccc(C)cc2C)CCCCC1. The number of para-hydroxylation sites is 1. The van der Waals surface area contributed by atoms with Gasteiger partial charge in [-0.2, -0.15) is 4.68 Å². The predicted octanol–water partition coefficient (Wildman–Crippen LogP) is 4.34. The molecule has 0 aliphatic heterocycles. The van der Waals surface area contributed by atoms with Crippen molar-refractivity contribution in [3.05, 3.63) is 65.0 Å². The standard InChI is InChI=1S/C23H27N5O2/c1-16-11-12-19(17(2)15-16)24-23(13-7-4-8-14-23)22-25-26-27-28(22)20-10-6-5-9-18(20)21(29)30-3/h5-6,9-12,15,24H,4,7-8,13-14H2,1-3H3. The molecule has 2 aromatic carbocycles. The fourth-order valence-corrected chi connectivity index (χ4v) is 4.36. The molecule has 0 radical (unpaired) electrons. The molecule has 1 aliphatic carbocycles. The van der Waals surface area contributed by atoms with Crippen LogP contribution in [0.3, 0.4) is 0 Å². The molecule has 0 spiro atoms. The molecule has 7 heteroatoms. The van der Waals surface area contributed by atoms with Crippen LogP contribution in [0.15, 0.2) is 42.5 Å². The van der Waals surface area contributed by atoms with Gasteiger partial charge in [-0.15, -0.1) is 5.10 Å². The summed E-state index contributed by atoms with van der Waals surface area (Å²) in [5.41, 5.74) is 4.15. The van der Waals surface area contributed by atoms with Gasteiger partial charge in [0.15, 0.2) is 5.82 Å². The maximum atomic E-state index is 12.3. The first-order valence-corrected chi connectivity index (χ1v) is 10.4. The summed E-state index contributed by atoms with van der Waals surface area (Å²) >= 11 is 0. The first-order valence-electron chi connectivity index (χ1n) is 10.4. The number of aryl methyl sites for hydroxylation is 2. The van der Waals surface area contributed by atoms with E-state index in [0.717, 1.165) is 37.2 Å². The van der Waals surface area contributed by atoms with Gasteiger partial charge in [-0.3, -0.25) is 0 Å². The molecular formula is C23H27N5O2. The Labute approximate surface area is 176 Å². The zero-order chi connectivity index (χ0) is 21.1. The molecule has 1 aliphatic rings. The molecule has 0 bridgehead atoms. The highest BCUT2D eigenvalue weighted by Crippen LogP contribution is 2.40. The highest BCUT2D eigenvalue weighted by atomic mass is 16.5. The second kappa shape index (κ2) is 8.26. The number of ether oxygens (including phenoxy) is 1. The van der Waals surface area contributed by atoms with Crippen LogP contribution in [-0.4, -0.2) is 33.3 Å². The summed E-state index contributed by atoms with van der Waals surface area (Å²) in [6.45, 7) is 4.21. The summed E-state index contributed by atoms with van der Waals surface area (Å²) in [4.78, 5) is 12.3. The molecule has 1 fully saturated rings. The molecule has 0 unspecified atom stereocenters. The van der Waals surface area contributed by atoms with Crippen molar-refractivity contribution in [3.63, 3.8) is 0 Å². The number of carbonyl (C=O) groups excluding carboxylic acids is 1. The van der Waals surface area contributed by atoms with Crippen LogP contribution in [0.4, 0.5) is 5.69 Å². The number of aromatic nitrogens is 4. The number of carbonyl (C=O) groups is 1. The van der Waals surface area contributed by atoms with Crippen LogP contribution in [-0.2, 0) is 10.3 Å². The van der Waals surface area contributed by atoms with Crippen molar-refractivity contribution in [3.8, 4) is 5.69 Å². The molecule has 1 aromatic heterocycles. The summed E-state index contributed by atoms with van der Waals surface area (Å²) < 4.78 is 6.66. The topological polar surface area (TPSA) is 81.9 Å². The number of rotatable bonds is 5. The summed E-state index contributed by atoms with van der Waals surface area (Å²) in [5, 5.41) is 16.5. The number of esters is 1. The normalized spacial score (nSPS) is 15.6. The van der Waals surface area contributed by atoms with Crippen molar-refractivity contribution in [2.75, 3.05) is 12.4 Å². The van der Waals surface area contributed by atoms with E-state index in [1.54, 1.807) is 10.7 Å². The van der Waals surface area contributed by atoms with E-state index in [0.29, 0.717) is 11.3 Å². The number of nitrogens with one attached hydrogen (secondary N) is 1. The van der Waals surface area contributed by atoms with E-state index in [-0.39, 0.29) is 0 Å². The van der Waals surface area contributed by atoms with E-state index in [1.165, 1.54) is 24.7 Å². The smallest absolute Gasteiger partial charge is 0.340 e. The molecule has 1 N–H and O–H groups in total. The number of hydrogen-bond acceptors (Lipinski definition) is 6. The lowest BCUT2D eigenvalue weighted by Crippen LogP contribution is -2.40. The average Bonchev–Trinajstić information content (AvgIpc) is 3.26. The zero-order valence-electron chi connectivity index (χ0n) is 17.7. The van der Waals surface area contributed by atoms with E-state index in [1.807, 2.05) is 18.2 Å². The van der Waals surface area contributed by atoms with Crippen molar-refractivity contribution in [2.24, 2.45) is 0 Å². The monoisotopic (exact) mass is 405 g/mol. The van der Waals surface area contributed by atoms with Crippen molar-refractivity contribution in [2.45, 2.75) is 51.5 Å². The van der Waals surface area contributed by atoms with E-state index < -0.39 is 11.5 Å². The second-order valence-corrected chi connectivity index (χ2v) is 8.01. The lowest BCUT2D eigenvalue weighted by atomic mass is 9.80. The van der Waals surface area contributed by atoms with Gasteiger partial charge in [0.2, 0.25) is 0 Å². The van der Waals surface area contributed by atoms with E-state index in [9.17, 15) is 4.79 Å². The van der Waals surface area contributed by atoms with Gasteiger partial charge in [-0.25, -0.2) is 4.79 Å². The van der Waals surface area contributed by atoms with Gasteiger partial charge in [0, 0.05) is 5.69 Å². The largest absolute Gasteiger partial charge is 0.465 e. The minimum atomic E-state index is -0.412. The fraction of sp³-hybridized carbons (Fsp3) is 0.391. The minimum Gasteiger partial charge on any atom is -0.465 e. The fourth-order valence-electron chi connectivity index (χ4n) is 4.36. The molecule has 4 rings (SSSR count). The van der Waals surface area contributed by atoms with Gasteiger partial charge in [0.05, 0.1) is 23.9 Å². The summed E-state index contributed by atoms with van der Waals surface area (Å²) in [7, 11) is 1.38. The molecule has 0 saturated heterocycles. The highest BCUT2D eigenvalue weighted by molar-refractivity contribution is 5.93. The van der Waals surface area contributed by atoms with Crippen LogP contribution in [0.25, 0.3) is 5.69 Å². The van der Waals surface area contributed by atoms with E-state index >= 15 is 0 Å². The lowest BCUT2D eigenvalue weighted by Gasteiger charge is -2.38. The third-order valence-corrected chi connectivity index (χ3v) is 5.90. The van der Waals surface area contributed by atoms with E-state index in [4.69, 9.17) is 4.74 Å². The van der Waals surface area contributed by atoms with Crippen LogP contribution in [0.2, 0.25) is 0 Å². The van der Waals surface area contributed by atoms with Crippen LogP contribution >= 0.6 is 0 Å². The van der Waals surface area contributed by atoms with Crippen molar-refractivity contribution in [1.82, 2.24) is 20.2 Å². The zero-order valence-corrected chi connectivity index (χ0v) is 17.7. The molecular weight excluding hydrogens is 378 g/mol. The molecule has 0 atom stereocenters. The molecule has 0 amide bonds. The number of anilines is 1. The molecule has 7 nitrogen and oxygen atoms in total. The Kier molecular flexibility index (Phi) is 5.53. The molecule has 1 saturated carbocycles. The summed E-state index contributed by atoms with van der Waals surface area (Å²) in [6.07, 6.45) is 5.20. The van der Waals surface area contributed by atoms with Gasteiger partial charge < -0.3 is 10.1 Å². The van der Waals surface area contributed by atoms with Crippen LogP contribution in [0, 0.1) is 13.8 Å². The quantitative estimate of drug-likeness (QED) is 0.636. The number of methoxy groups -OCH3 is 1. The summed E-state index contributed by atoms with van der Waals surface area (Å²) in [6, 6.07) is 13.7. The first kappa shape index (κ1) is 20.1. The number of tetrazole rings is 1.